The molecule has 0 radical (unpaired) electrons. The lowest BCUT2D eigenvalue weighted by Crippen LogP contribution is -2.31. The van der Waals surface area contributed by atoms with Crippen molar-refractivity contribution in [2.24, 2.45) is 5.92 Å². The highest BCUT2D eigenvalue weighted by atomic mass is 15.5. The molecule has 0 amide bonds. The zero-order chi connectivity index (χ0) is 13.8. The van der Waals surface area contributed by atoms with E-state index in [1.54, 1.807) is 11.0 Å². The van der Waals surface area contributed by atoms with Crippen LogP contribution in [0, 0.1) is 5.92 Å². The lowest BCUT2D eigenvalue weighted by molar-refractivity contribution is 0.317. The molecule has 0 aliphatic heterocycles. The summed E-state index contributed by atoms with van der Waals surface area (Å²) in [5.41, 5.74) is 2.15. The van der Waals surface area contributed by atoms with Crippen LogP contribution >= 0.6 is 0 Å². The molecule has 20 heavy (non-hydrogen) atoms. The molecule has 1 aromatic heterocycles. The minimum atomic E-state index is 0.595. The zero-order valence-electron chi connectivity index (χ0n) is 11.9. The highest BCUT2D eigenvalue weighted by Crippen LogP contribution is 2.29. The first-order valence-electron chi connectivity index (χ1n) is 7.47. The molecule has 0 saturated heterocycles. The van der Waals surface area contributed by atoms with Gasteiger partial charge in [0.15, 0.2) is 0 Å². The Morgan fingerprint density at radius 3 is 3.00 bits per heavy atom. The van der Waals surface area contributed by atoms with E-state index in [1.807, 2.05) is 12.1 Å². The van der Waals surface area contributed by atoms with Crippen molar-refractivity contribution in [2.45, 2.75) is 45.1 Å². The molecule has 1 aliphatic carbocycles. The molecule has 1 N–H and O–H groups in total. The maximum Gasteiger partial charge on any atom is 0.143 e. The Morgan fingerprint density at radius 1 is 1.30 bits per heavy atom. The van der Waals surface area contributed by atoms with Crippen LogP contribution in [0.15, 0.2) is 30.6 Å². The number of hydrogen-bond acceptors (Lipinski definition) is 4. The summed E-state index contributed by atoms with van der Waals surface area (Å²) in [6.45, 7) is 2.29. The van der Waals surface area contributed by atoms with Gasteiger partial charge >= 0.3 is 0 Å². The SMILES string of the molecule is CCC1CCCCC1Nc1cccc(-n2cnnn2)c1. The lowest BCUT2D eigenvalue weighted by Gasteiger charge is -2.32. The van der Waals surface area contributed by atoms with E-state index < -0.39 is 0 Å². The van der Waals surface area contributed by atoms with Crippen LogP contribution in [0.5, 0.6) is 0 Å². The third-order valence-corrected chi connectivity index (χ3v) is 4.25. The predicted molar refractivity (Wildman–Crippen MR) is 78.8 cm³/mol. The molecule has 106 valence electrons. The molecule has 1 fully saturated rings. The summed E-state index contributed by atoms with van der Waals surface area (Å²) in [5, 5.41) is 15.0. The van der Waals surface area contributed by atoms with E-state index in [9.17, 15) is 0 Å². The first-order chi connectivity index (χ1) is 9.86. The van der Waals surface area contributed by atoms with Crippen molar-refractivity contribution in [2.75, 3.05) is 5.32 Å². The fourth-order valence-electron chi connectivity index (χ4n) is 3.12. The van der Waals surface area contributed by atoms with Crippen LogP contribution in [0.4, 0.5) is 5.69 Å². The van der Waals surface area contributed by atoms with Crippen molar-refractivity contribution in [3.05, 3.63) is 30.6 Å². The molecule has 2 atom stereocenters. The number of nitrogens with one attached hydrogen (secondary N) is 1. The summed E-state index contributed by atoms with van der Waals surface area (Å²) >= 11 is 0. The number of rotatable bonds is 4. The summed E-state index contributed by atoms with van der Waals surface area (Å²) in [6.07, 6.45) is 8.20. The second-order valence-electron chi connectivity index (χ2n) is 5.51. The van der Waals surface area contributed by atoms with Crippen molar-refractivity contribution in [3.8, 4) is 5.69 Å². The highest BCUT2D eigenvalue weighted by molar-refractivity contribution is 5.51. The Bertz CT molecular complexity index is 537. The molecule has 1 heterocycles. The van der Waals surface area contributed by atoms with Gasteiger partial charge in [-0.15, -0.1) is 5.10 Å². The van der Waals surface area contributed by atoms with Crippen molar-refractivity contribution in [3.63, 3.8) is 0 Å². The Balaban J connectivity index is 1.75. The van der Waals surface area contributed by atoms with Gasteiger partial charge in [-0.3, -0.25) is 0 Å². The van der Waals surface area contributed by atoms with Crippen LogP contribution in [0.25, 0.3) is 5.69 Å². The first-order valence-corrected chi connectivity index (χ1v) is 7.47. The second-order valence-corrected chi connectivity index (χ2v) is 5.51. The number of nitrogens with zero attached hydrogens (tertiary/aromatic N) is 4. The van der Waals surface area contributed by atoms with E-state index in [2.05, 4.69) is 39.9 Å². The standard InChI is InChI=1S/C15H21N5/c1-2-12-6-3-4-9-15(12)17-13-7-5-8-14(10-13)20-11-16-18-19-20/h5,7-8,10-12,15,17H,2-4,6,9H2,1H3. The minimum Gasteiger partial charge on any atom is -0.382 e. The van der Waals surface area contributed by atoms with Crippen molar-refractivity contribution in [1.82, 2.24) is 20.2 Å². The van der Waals surface area contributed by atoms with Crippen LogP contribution in [-0.2, 0) is 0 Å². The molecule has 3 rings (SSSR count). The van der Waals surface area contributed by atoms with Gasteiger partial charge in [0.2, 0.25) is 0 Å². The molecule has 2 aromatic rings. The summed E-state index contributed by atoms with van der Waals surface area (Å²) in [7, 11) is 0. The number of benzene rings is 1. The number of anilines is 1. The van der Waals surface area contributed by atoms with Crippen LogP contribution in [0.1, 0.15) is 39.0 Å². The largest absolute Gasteiger partial charge is 0.382 e. The van der Waals surface area contributed by atoms with Gasteiger partial charge in [-0.1, -0.05) is 32.3 Å². The molecular formula is C15H21N5. The monoisotopic (exact) mass is 271 g/mol. The van der Waals surface area contributed by atoms with Gasteiger partial charge < -0.3 is 5.32 Å². The third kappa shape index (κ3) is 2.81. The predicted octanol–water partition coefficient (Wildman–Crippen LogP) is 3.04. The highest BCUT2D eigenvalue weighted by Gasteiger charge is 2.23. The summed E-state index contributed by atoms with van der Waals surface area (Å²) in [6, 6.07) is 8.88. The Kier molecular flexibility index (Phi) is 3.95. The van der Waals surface area contributed by atoms with Crippen LogP contribution < -0.4 is 5.32 Å². The van der Waals surface area contributed by atoms with Gasteiger partial charge in [0.1, 0.15) is 6.33 Å². The van der Waals surface area contributed by atoms with E-state index in [0.717, 1.165) is 17.3 Å². The smallest absolute Gasteiger partial charge is 0.143 e. The number of hydrogen-bond donors (Lipinski definition) is 1. The molecule has 2 unspecified atom stereocenters. The molecule has 5 nitrogen and oxygen atoms in total. The fraction of sp³-hybridized carbons (Fsp3) is 0.533. The Hall–Kier alpha value is -1.91. The molecular weight excluding hydrogens is 250 g/mol. The van der Waals surface area contributed by atoms with E-state index in [-0.39, 0.29) is 0 Å². The average molecular weight is 271 g/mol. The minimum absolute atomic E-state index is 0.595. The van der Waals surface area contributed by atoms with Crippen molar-refractivity contribution in [1.29, 1.82) is 0 Å². The first kappa shape index (κ1) is 13.1. The molecule has 1 aliphatic rings. The van der Waals surface area contributed by atoms with Crippen LogP contribution in [0.3, 0.4) is 0 Å². The Morgan fingerprint density at radius 2 is 2.20 bits per heavy atom. The Labute approximate surface area is 119 Å². The van der Waals surface area contributed by atoms with Gasteiger partial charge in [-0.25, -0.2) is 4.68 Å². The van der Waals surface area contributed by atoms with E-state index >= 15 is 0 Å². The number of aromatic nitrogens is 4. The number of tetrazole rings is 1. The molecule has 5 heteroatoms. The molecule has 0 bridgehead atoms. The molecule has 1 saturated carbocycles. The average Bonchev–Trinajstić information content (AvgIpc) is 3.02. The van der Waals surface area contributed by atoms with Crippen molar-refractivity contribution >= 4 is 5.69 Å². The van der Waals surface area contributed by atoms with Gasteiger partial charge in [0, 0.05) is 11.7 Å². The normalized spacial score (nSPS) is 22.6. The van der Waals surface area contributed by atoms with Crippen molar-refractivity contribution < 1.29 is 0 Å². The van der Waals surface area contributed by atoms with E-state index in [0.29, 0.717) is 6.04 Å². The summed E-state index contributed by atoms with van der Waals surface area (Å²) < 4.78 is 1.68. The maximum atomic E-state index is 3.93. The van der Waals surface area contributed by atoms with Crippen LogP contribution in [0.2, 0.25) is 0 Å². The van der Waals surface area contributed by atoms with Gasteiger partial charge in [0.25, 0.3) is 0 Å². The maximum absolute atomic E-state index is 3.93. The van der Waals surface area contributed by atoms with Gasteiger partial charge in [-0.05, 0) is 47.4 Å². The lowest BCUT2D eigenvalue weighted by atomic mass is 9.83. The van der Waals surface area contributed by atoms with Crippen LogP contribution in [-0.4, -0.2) is 26.2 Å². The topological polar surface area (TPSA) is 55.6 Å². The fourth-order valence-corrected chi connectivity index (χ4v) is 3.12. The molecule has 0 spiro atoms. The van der Waals surface area contributed by atoms with Gasteiger partial charge in [-0.2, -0.15) is 0 Å². The van der Waals surface area contributed by atoms with E-state index in [1.165, 1.54) is 32.1 Å². The third-order valence-electron chi connectivity index (χ3n) is 4.25. The van der Waals surface area contributed by atoms with Gasteiger partial charge in [0.05, 0.1) is 5.69 Å². The summed E-state index contributed by atoms with van der Waals surface area (Å²) in [5.74, 6) is 0.792. The summed E-state index contributed by atoms with van der Waals surface area (Å²) in [4.78, 5) is 0. The zero-order valence-corrected chi connectivity index (χ0v) is 11.9. The molecule has 1 aromatic carbocycles. The second kappa shape index (κ2) is 6.03. The quantitative estimate of drug-likeness (QED) is 0.928. The van der Waals surface area contributed by atoms with E-state index in [4.69, 9.17) is 0 Å².